The molecule has 2 aromatic heterocycles. The molecule has 1 aliphatic carbocycles. The van der Waals surface area contributed by atoms with Gasteiger partial charge in [-0.25, -0.2) is 9.97 Å². The van der Waals surface area contributed by atoms with Crippen LogP contribution in [0.4, 0.5) is 0 Å². The molecule has 3 rings (SSSR count). The van der Waals surface area contributed by atoms with Crippen LogP contribution in [0.15, 0.2) is 24.3 Å². The Kier molecular flexibility index (Phi) is 3.21. The number of hydrogen-bond acceptors (Lipinski definition) is 4. The van der Waals surface area contributed by atoms with Crippen LogP contribution in [-0.4, -0.2) is 20.9 Å². The molecule has 108 valence electrons. The molecule has 1 N–H and O–H groups in total. The summed E-state index contributed by atoms with van der Waals surface area (Å²) in [6.07, 6.45) is 1.26. The molecule has 1 unspecified atom stereocenters. The molecule has 0 bridgehead atoms. The highest BCUT2D eigenvalue weighted by atomic mass is 35.5. The lowest BCUT2D eigenvalue weighted by molar-refractivity contribution is 0.0869. The molecule has 5 heteroatoms. The molecule has 0 aromatic carbocycles. The Labute approximate surface area is 127 Å². The van der Waals surface area contributed by atoms with E-state index >= 15 is 0 Å². The molecule has 0 spiro atoms. The Hall–Kier alpha value is -1.94. The predicted molar refractivity (Wildman–Crippen MR) is 79.9 cm³/mol. The summed E-state index contributed by atoms with van der Waals surface area (Å²) in [5.41, 5.74) is 2.07. The van der Waals surface area contributed by atoms with Gasteiger partial charge in [0.15, 0.2) is 5.78 Å². The zero-order valence-electron chi connectivity index (χ0n) is 11.9. The van der Waals surface area contributed by atoms with Crippen LogP contribution >= 0.6 is 11.6 Å². The van der Waals surface area contributed by atoms with Gasteiger partial charge in [-0.05, 0) is 44.4 Å². The van der Waals surface area contributed by atoms with Crippen LogP contribution in [0.3, 0.4) is 0 Å². The first kappa shape index (κ1) is 14.0. The van der Waals surface area contributed by atoms with Gasteiger partial charge in [0.2, 0.25) is 5.88 Å². The summed E-state index contributed by atoms with van der Waals surface area (Å²) < 4.78 is 0. The van der Waals surface area contributed by atoms with Crippen LogP contribution in [0, 0.1) is 6.92 Å². The van der Waals surface area contributed by atoms with Gasteiger partial charge in [0, 0.05) is 11.6 Å². The van der Waals surface area contributed by atoms with E-state index in [0.717, 1.165) is 11.3 Å². The third-order valence-corrected chi connectivity index (χ3v) is 4.34. The van der Waals surface area contributed by atoms with E-state index in [1.54, 1.807) is 18.2 Å². The minimum atomic E-state index is -0.744. The molecule has 0 saturated heterocycles. The molecule has 0 aliphatic heterocycles. The van der Waals surface area contributed by atoms with Gasteiger partial charge in [0.1, 0.15) is 5.15 Å². The summed E-state index contributed by atoms with van der Waals surface area (Å²) in [7, 11) is 0. The van der Waals surface area contributed by atoms with Crippen LogP contribution in [0.5, 0.6) is 5.88 Å². The van der Waals surface area contributed by atoms with Gasteiger partial charge < -0.3 is 5.11 Å². The van der Waals surface area contributed by atoms with Gasteiger partial charge in [-0.3, -0.25) is 4.79 Å². The Bertz CT molecular complexity index is 745. The van der Waals surface area contributed by atoms with Crippen molar-refractivity contribution in [3.05, 3.63) is 51.9 Å². The van der Waals surface area contributed by atoms with Crippen LogP contribution in [0.2, 0.25) is 5.15 Å². The van der Waals surface area contributed by atoms with E-state index in [9.17, 15) is 9.90 Å². The quantitative estimate of drug-likeness (QED) is 0.822. The SMILES string of the molecule is Cc1cc(Cl)nc2c1C(=O)C(C)(c1cccc(O)n1)CC2. The third-order valence-electron chi connectivity index (χ3n) is 4.15. The summed E-state index contributed by atoms with van der Waals surface area (Å²) in [5.74, 6) is -0.0817. The van der Waals surface area contributed by atoms with Gasteiger partial charge in [-0.1, -0.05) is 17.7 Å². The molecular weight excluding hydrogens is 288 g/mol. The fourth-order valence-electron chi connectivity index (χ4n) is 2.92. The number of ketones is 1. The van der Waals surface area contributed by atoms with Crippen molar-refractivity contribution < 1.29 is 9.90 Å². The number of aryl methyl sites for hydroxylation is 2. The number of pyridine rings is 2. The van der Waals surface area contributed by atoms with Crippen LogP contribution in [-0.2, 0) is 11.8 Å². The minimum Gasteiger partial charge on any atom is -0.493 e. The maximum atomic E-state index is 13.0. The van der Waals surface area contributed by atoms with Gasteiger partial charge in [0.25, 0.3) is 0 Å². The average Bonchev–Trinajstić information content (AvgIpc) is 2.42. The first-order valence-corrected chi connectivity index (χ1v) is 7.17. The zero-order chi connectivity index (χ0) is 15.2. The largest absolute Gasteiger partial charge is 0.493 e. The van der Waals surface area contributed by atoms with Gasteiger partial charge in [-0.2, -0.15) is 0 Å². The van der Waals surface area contributed by atoms with Crippen molar-refractivity contribution in [2.24, 2.45) is 0 Å². The van der Waals surface area contributed by atoms with Crippen LogP contribution in [0.1, 0.15) is 40.7 Å². The summed E-state index contributed by atoms with van der Waals surface area (Å²) in [6.45, 7) is 3.74. The van der Waals surface area contributed by atoms with Crippen molar-refractivity contribution >= 4 is 17.4 Å². The number of nitrogens with zero attached hydrogens (tertiary/aromatic N) is 2. The third kappa shape index (κ3) is 2.20. The first-order chi connectivity index (χ1) is 9.91. The summed E-state index contributed by atoms with van der Waals surface area (Å²) in [4.78, 5) is 21.4. The summed E-state index contributed by atoms with van der Waals surface area (Å²) in [6, 6.07) is 6.70. The van der Waals surface area contributed by atoms with Crippen LogP contribution < -0.4 is 0 Å². The van der Waals surface area contributed by atoms with Crippen LogP contribution in [0.25, 0.3) is 0 Å². The number of halogens is 1. The standard InChI is InChI=1S/C16H15ClN2O2/c1-9-8-12(17)18-10-6-7-16(2,15(21)14(9)10)11-4-3-5-13(20)19-11/h3-5,8H,6-7H2,1-2H3,(H,19,20). The van der Waals surface area contributed by atoms with Crippen molar-refractivity contribution in [2.75, 3.05) is 0 Å². The molecule has 1 atom stereocenters. The lowest BCUT2D eigenvalue weighted by Crippen LogP contribution is -2.39. The average molecular weight is 303 g/mol. The zero-order valence-corrected chi connectivity index (χ0v) is 12.6. The highest BCUT2D eigenvalue weighted by Gasteiger charge is 2.42. The summed E-state index contributed by atoms with van der Waals surface area (Å²) >= 11 is 5.97. The normalized spacial score (nSPS) is 21.2. The molecule has 0 amide bonds. The number of aromatic nitrogens is 2. The number of aromatic hydroxyl groups is 1. The molecule has 0 fully saturated rings. The van der Waals surface area contributed by atoms with Gasteiger partial charge >= 0.3 is 0 Å². The highest BCUT2D eigenvalue weighted by molar-refractivity contribution is 6.29. The number of rotatable bonds is 1. The van der Waals surface area contributed by atoms with E-state index in [0.29, 0.717) is 29.3 Å². The van der Waals surface area contributed by atoms with Crippen molar-refractivity contribution in [3.8, 4) is 5.88 Å². The van der Waals surface area contributed by atoms with Gasteiger partial charge in [-0.15, -0.1) is 0 Å². The second-order valence-corrected chi connectivity index (χ2v) is 6.01. The number of fused-ring (bicyclic) bond motifs is 1. The summed E-state index contributed by atoms with van der Waals surface area (Å²) in [5, 5.41) is 9.99. The molecule has 2 heterocycles. The molecule has 21 heavy (non-hydrogen) atoms. The molecule has 4 nitrogen and oxygen atoms in total. The topological polar surface area (TPSA) is 63.1 Å². The molecule has 0 saturated carbocycles. The van der Waals surface area contributed by atoms with E-state index in [1.807, 2.05) is 13.8 Å². The van der Waals surface area contributed by atoms with E-state index in [-0.39, 0.29) is 11.7 Å². The van der Waals surface area contributed by atoms with E-state index in [2.05, 4.69) is 9.97 Å². The second kappa shape index (κ2) is 4.81. The maximum Gasteiger partial charge on any atom is 0.210 e. The van der Waals surface area contributed by atoms with Crippen molar-refractivity contribution in [2.45, 2.75) is 32.1 Å². The smallest absolute Gasteiger partial charge is 0.210 e. The molecular formula is C16H15ClN2O2. The molecule has 2 aromatic rings. The monoisotopic (exact) mass is 302 g/mol. The number of carbonyl (C=O) groups excluding carboxylic acids is 1. The van der Waals surface area contributed by atoms with Crippen molar-refractivity contribution in [3.63, 3.8) is 0 Å². The van der Waals surface area contributed by atoms with Gasteiger partial charge in [0.05, 0.1) is 16.8 Å². The first-order valence-electron chi connectivity index (χ1n) is 6.79. The fourth-order valence-corrected chi connectivity index (χ4v) is 3.19. The Balaban J connectivity index is 2.14. The Morgan fingerprint density at radius 3 is 2.81 bits per heavy atom. The Morgan fingerprint density at radius 1 is 1.33 bits per heavy atom. The maximum absolute atomic E-state index is 13.0. The van der Waals surface area contributed by atoms with Crippen molar-refractivity contribution in [1.82, 2.24) is 9.97 Å². The Morgan fingerprint density at radius 2 is 2.10 bits per heavy atom. The predicted octanol–water partition coefficient (Wildman–Crippen LogP) is 3.23. The van der Waals surface area contributed by atoms with E-state index < -0.39 is 5.41 Å². The number of hydrogen-bond donors (Lipinski definition) is 1. The second-order valence-electron chi connectivity index (χ2n) is 5.63. The van der Waals surface area contributed by atoms with Crippen molar-refractivity contribution in [1.29, 1.82) is 0 Å². The number of carbonyl (C=O) groups is 1. The molecule has 1 aliphatic rings. The number of Topliss-reactive ketones (excluding diaryl/α,β-unsaturated/α-hetero) is 1. The highest BCUT2D eigenvalue weighted by Crippen LogP contribution is 2.38. The minimum absolute atomic E-state index is 0.0106. The molecule has 0 radical (unpaired) electrons. The van der Waals surface area contributed by atoms with E-state index in [4.69, 9.17) is 11.6 Å². The van der Waals surface area contributed by atoms with E-state index in [1.165, 1.54) is 6.07 Å². The lowest BCUT2D eigenvalue weighted by Gasteiger charge is -2.33. The fraction of sp³-hybridized carbons (Fsp3) is 0.312. The lowest BCUT2D eigenvalue weighted by atomic mass is 9.70.